The number of carbonyl (C=O) groups is 1. The summed E-state index contributed by atoms with van der Waals surface area (Å²) in [5.74, 6) is 0. The molecule has 1 aromatic carbocycles. The molecule has 0 spiro atoms. The van der Waals surface area contributed by atoms with Gasteiger partial charge >= 0.3 is 6.09 Å². The molecule has 0 aromatic heterocycles. The molecule has 128 valence electrons. The van der Waals surface area contributed by atoms with Crippen LogP contribution in [0, 0.1) is 13.8 Å². The van der Waals surface area contributed by atoms with Gasteiger partial charge in [-0.1, -0.05) is 6.07 Å². The van der Waals surface area contributed by atoms with Crippen LogP contribution in [0.5, 0.6) is 0 Å². The molecule has 0 saturated carbocycles. The summed E-state index contributed by atoms with van der Waals surface area (Å²) >= 11 is 0. The number of sulfonamides is 1. The van der Waals surface area contributed by atoms with Crippen molar-refractivity contribution in [3.63, 3.8) is 0 Å². The summed E-state index contributed by atoms with van der Waals surface area (Å²) in [6.45, 7) is 6.73. The molecule has 6 nitrogen and oxygen atoms in total. The first kappa shape index (κ1) is 17.7. The molecule has 0 atom stereocenters. The Morgan fingerprint density at radius 1 is 1.26 bits per heavy atom. The number of rotatable bonds is 4. The van der Waals surface area contributed by atoms with Gasteiger partial charge in [-0.3, -0.25) is 0 Å². The Labute approximate surface area is 137 Å². The van der Waals surface area contributed by atoms with Crippen molar-refractivity contribution in [3.8, 4) is 0 Å². The monoisotopic (exact) mass is 340 g/mol. The average Bonchev–Trinajstić information content (AvgIpc) is 2.50. The lowest BCUT2D eigenvalue weighted by Crippen LogP contribution is -2.46. The van der Waals surface area contributed by atoms with Crippen LogP contribution >= 0.6 is 0 Å². The second-order valence-corrected chi connectivity index (χ2v) is 7.73. The minimum Gasteiger partial charge on any atom is -0.450 e. The van der Waals surface area contributed by atoms with Crippen LogP contribution in [0.15, 0.2) is 23.1 Å². The number of ether oxygens (including phenoxy) is 1. The molecule has 2 rings (SSSR count). The Hall–Kier alpha value is -1.60. The van der Waals surface area contributed by atoms with E-state index in [1.54, 1.807) is 19.1 Å². The maximum Gasteiger partial charge on any atom is 0.407 e. The summed E-state index contributed by atoms with van der Waals surface area (Å²) < 4.78 is 31.7. The lowest BCUT2D eigenvalue weighted by atomic mass is 10.1. The number of benzene rings is 1. The maximum atomic E-state index is 12.7. The van der Waals surface area contributed by atoms with E-state index in [2.05, 4.69) is 5.32 Å². The highest BCUT2D eigenvalue weighted by atomic mass is 32.2. The third-order valence-corrected chi connectivity index (χ3v) is 6.06. The number of amides is 1. The van der Waals surface area contributed by atoms with Crippen LogP contribution in [-0.4, -0.2) is 44.6 Å². The first-order chi connectivity index (χ1) is 10.8. The van der Waals surface area contributed by atoms with Gasteiger partial charge in [0.15, 0.2) is 0 Å². The third-order valence-electron chi connectivity index (χ3n) is 4.17. The molecule has 1 aromatic rings. The zero-order valence-electron chi connectivity index (χ0n) is 13.8. The highest BCUT2D eigenvalue weighted by molar-refractivity contribution is 7.89. The SMILES string of the molecule is CCOC(=O)NC1CCN(S(=O)(=O)c2ccc(C)c(C)c2)CC1. The Bertz CT molecular complexity index is 665. The lowest BCUT2D eigenvalue weighted by Gasteiger charge is -2.31. The van der Waals surface area contributed by atoms with Gasteiger partial charge in [-0.2, -0.15) is 4.31 Å². The number of hydrogen-bond donors (Lipinski definition) is 1. The molecular formula is C16H24N2O4S. The summed E-state index contributed by atoms with van der Waals surface area (Å²) in [5, 5.41) is 2.77. The number of hydrogen-bond acceptors (Lipinski definition) is 4. The molecule has 0 aliphatic carbocycles. The van der Waals surface area contributed by atoms with Crippen molar-refractivity contribution in [2.24, 2.45) is 0 Å². The van der Waals surface area contributed by atoms with E-state index in [-0.39, 0.29) is 6.04 Å². The van der Waals surface area contributed by atoms with Crippen molar-refractivity contribution in [2.75, 3.05) is 19.7 Å². The average molecular weight is 340 g/mol. The Morgan fingerprint density at radius 3 is 2.48 bits per heavy atom. The van der Waals surface area contributed by atoms with E-state index in [9.17, 15) is 13.2 Å². The number of carbonyl (C=O) groups excluding carboxylic acids is 1. The smallest absolute Gasteiger partial charge is 0.407 e. The molecule has 1 saturated heterocycles. The van der Waals surface area contributed by atoms with Crippen molar-refractivity contribution in [1.29, 1.82) is 0 Å². The fourth-order valence-electron chi connectivity index (χ4n) is 2.60. The van der Waals surface area contributed by atoms with Gasteiger partial charge in [0.25, 0.3) is 0 Å². The highest BCUT2D eigenvalue weighted by Gasteiger charge is 2.30. The van der Waals surface area contributed by atoms with Crippen LogP contribution in [-0.2, 0) is 14.8 Å². The number of nitrogens with one attached hydrogen (secondary N) is 1. The van der Waals surface area contributed by atoms with Crippen LogP contribution in [0.4, 0.5) is 4.79 Å². The summed E-state index contributed by atoms with van der Waals surface area (Å²) in [6.07, 6.45) is 0.731. The van der Waals surface area contributed by atoms with E-state index in [1.807, 2.05) is 19.9 Å². The molecule has 0 unspecified atom stereocenters. The van der Waals surface area contributed by atoms with Crippen molar-refractivity contribution in [1.82, 2.24) is 9.62 Å². The van der Waals surface area contributed by atoms with Gasteiger partial charge in [-0.15, -0.1) is 0 Å². The minimum atomic E-state index is -3.47. The van der Waals surface area contributed by atoms with Crippen LogP contribution in [0.25, 0.3) is 0 Å². The summed E-state index contributed by atoms with van der Waals surface area (Å²) in [4.78, 5) is 11.7. The van der Waals surface area contributed by atoms with Gasteiger partial charge in [-0.25, -0.2) is 13.2 Å². The van der Waals surface area contributed by atoms with Gasteiger partial charge in [0.1, 0.15) is 0 Å². The topological polar surface area (TPSA) is 75.7 Å². The first-order valence-electron chi connectivity index (χ1n) is 7.85. The first-order valence-corrected chi connectivity index (χ1v) is 9.29. The van der Waals surface area contributed by atoms with E-state index >= 15 is 0 Å². The standard InChI is InChI=1S/C16H24N2O4S/c1-4-22-16(19)17-14-7-9-18(10-8-14)23(20,21)15-6-5-12(2)13(3)11-15/h5-6,11,14H,4,7-10H2,1-3H3,(H,17,19). The van der Waals surface area contributed by atoms with Gasteiger partial charge in [0, 0.05) is 19.1 Å². The molecular weight excluding hydrogens is 316 g/mol. The Kier molecular flexibility index (Phi) is 5.64. The lowest BCUT2D eigenvalue weighted by molar-refractivity contribution is 0.143. The second kappa shape index (κ2) is 7.31. The zero-order valence-corrected chi connectivity index (χ0v) is 14.6. The predicted molar refractivity (Wildman–Crippen MR) is 87.9 cm³/mol. The molecule has 1 heterocycles. The predicted octanol–water partition coefficient (Wildman–Crippen LogP) is 2.20. The van der Waals surface area contributed by atoms with E-state index in [0.717, 1.165) is 11.1 Å². The Morgan fingerprint density at radius 2 is 1.91 bits per heavy atom. The van der Waals surface area contributed by atoms with Gasteiger partial charge in [-0.05, 0) is 56.9 Å². The number of nitrogens with zero attached hydrogens (tertiary/aromatic N) is 1. The van der Waals surface area contributed by atoms with Gasteiger partial charge in [0.05, 0.1) is 11.5 Å². The summed E-state index contributed by atoms with van der Waals surface area (Å²) in [7, 11) is -3.47. The van der Waals surface area contributed by atoms with E-state index < -0.39 is 16.1 Å². The van der Waals surface area contributed by atoms with Crippen molar-refractivity contribution >= 4 is 16.1 Å². The van der Waals surface area contributed by atoms with E-state index in [1.165, 1.54) is 4.31 Å². The number of aryl methyl sites for hydroxylation is 2. The van der Waals surface area contributed by atoms with E-state index in [4.69, 9.17) is 4.74 Å². The second-order valence-electron chi connectivity index (χ2n) is 5.79. The quantitative estimate of drug-likeness (QED) is 0.912. The minimum absolute atomic E-state index is 0.0414. The number of piperidine rings is 1. The fraction of sp³-hybridized carbons (Fsp3) is 0.562. The van der Waals surface area contributed by atoms with Crippen molar-refractivity contribution in [2.45, 2.75) is 44.6 Å². The molecule has 1 fully saturated rings. The highest BCUT2D eigenvalue weighted by Crippen LogP contribution is 2.22. The molecule has 23 heavy (non-hydrogen) atoms. The molecule has 0 radical (unpaired) electrons. The zero-order chi connectivity index (χ0) is 17.0. The van der Waals surface area contributed by atoms with Crippen LogP contribution < -0.4 is 5.32 Å². The Balaban J connectivity index is 2.01. The third kappa shape index (κ3) is 4.23. The molecule has 1 aliphatic heterocycles. The van der Waals surface area contributed by atoms with Crippen LogP contribution in [0.1, 0.15) is 30.9 Å². The normalized spacial score (nSPS) is 17.0. The van der Waals surface area contributed by atoms with Crippen molar-refractivity contribution < 1.29 is 17.9 Å². The van der Waals surface area contributed by atoms with Crippen LogP contribution in [0.3, 0.4) is 0 Å². The largest absolute Gasteiger partial charge is 0.450 e. The molecule has 0 bridgehead atoms. The summed E-state index contributed by atoms with van der Waals surface area (Å²) in [5.41, 5.74) is 2.03. The molecule has 7 heteroatoms. The van der Waals surface area contributed by atoms with Crippen molar-refractivity contribution in [3.05, 3.63) is 29.3 Å². The fourth-order valence-corrected chi connectivity index (χ4v) is 4.16. The summed E-state index contributed by atoms with van der Waals surface area (Å²) in [6, 6.07) is 5.16. The van der Waals surface area contributed by atoms with Gasteiger partial charge < -0.3 is 10.1 Å². The number of alkyl carbamates (subject to hydrolysis) is 1. The molecule has 1 aliphatic rings. The maximum absolute atomic E-state index is 12.7. The molecule has 1 amide bonds. The van der Waals surface area contributed by atoms with Crippen LogP contribution in [0.2, 0.25) is 0 Å². The van der Waals surface area contributed by atoms with E-state index in [0.29, 0.717) is 37.4 Å². The molecule has 1 N–H and O–H groups in total. The van der Waals surface area contributed by atoms with Gasteiger partial charge in [0.2, 0.25) is 10.0 Å².